The molecule has 0 saturated heterocycles. The van der Waals surface area contributed by atoms with Crippen molar-refractivity contribution in [3.8, 4) is 10.6 Å². The average Bonchev–Trinajstić information content (AvgIpc) is 2.75. The van der Waals surface area contributed by atoms with Gasteiger partial charge in [0, 0.05) is 17.0 Å². The highest BCUT2D eigenvalue weighted by Crippen LogP contribution is 2.30. The van der Waals surface area contributed by atoms with Crippen LogP contribution in [-0.2, 0) is 0 Å². The molecule has 2 N–H and O–H groups in total. The number of benzene rings is 1. The van der Waals surface area contributed by atoms with Crippen LogP contribution in [0.3, 0.4) is 0 Å². The van der Waals surface area contributed by atoms with Crippen LogP contribution in [0.4, 0.5) is 5.13 Å². The summed E-state index contributed by atoms with van der Waals surface area (Å²) in [6, 6.07) is 7.04. The molecule has 0 unspecified atom stereocenters. The Kier molecular flexibility index (Phi) is 2.38. The fourth-order valence-corrected chi connectivity index (χ4v) is 2.44. The minimum absolute atomic E-state index is 0.374. The van der Waals surface area contributed by atoms with E-state index >= 15 is 0 Å². The van der Waals surface area contributed by atoms with Gasteiger partial charge in [0.15, 0.2) is 5.01 Å². The van der Waals surface area contributed by atoms with Gasteiger partial charge >= 0.3 is 5.63 Å². The van der Waals surface area contributed by atoms with E-state index in [1.807, 2.05) is 19.1 Å². The maximum absolute atomic E-state index is 11.5. The van der Waals surface area contributed by atoms with Crippen molar-refractivity contribution in [2.45, 2.75) is 6.92 Å². The van der Waals surface area contributed by atoms with Crippen molar-refractivity contribution in [2.24, 2.45) is 0 Å². The number of nitrogen functional groups attached to an aromatic ring is 1. The minimum Gasteiger partial charge on any atom is -0.423 e. The highest BCUT2D eigenvalue weighted by Gasteiger charge is 2.11. The smallest absolute Gasteiger partial charge is 0.336 e. The number of aromatic nitrogens is 2. The van der Waals surface area contributed by atoms with Gasteiger partial charge < -0.3 is 10.2 Å². The molecule has 2 heterocycles. The second-order valence-corrected chi connectivity index (χ2v) is 4.93. The summed E-state index contributed by atoms with van der Waals surface area (Å²) < 4.78 is 5.16. The van der Waals surface area contributed by atoms with Gasteiger partial charge in [0.2, 0.25) is 5.13 Å². The number of rotatable bonds is 1. The fourth-order valence-electron chi connectivity index (χ4n) is 1.80. The van der Waals surface area contributed by atoms with E-state index in [0.717, 1.165) is 10.9 Å². The first-order valence-corrected chi connectivity index (χ1v) is 6.09. The molecule has 0 aliphatic heterocycles. The van der Waals surface area contributed by atoms with Gasteiger partial charge in [-0.3, -0.25) is 0 Å². The Bertz CT molecular complexity index is 791. The van der Waals surface area contributed by atoms with Crippen LogP contribution >= 0.6 is 11.3 Å². The van der Waals surface area contributed by atoms with E-state index in [0.29, 0.717) is 21.3 Å². The standard InChI is InChI=1S/C12H9N3O2S/c1-6-2-3-9-7(4-6)8(5-10(16)17-9)11-14-15-12(13)18-11/h2-5H,1H3,(H2,13,15). The normalized spacial score (nSPS) is 10.9. The summed E-state index contributed by atoms with van der Waals surface area (Å²) in [5, 5.41) is 9.57. The molecular formula is C12H9N3O2S. The lowest BCUT2D eigenvalue weighted by Gasteiger charge is -2.02. The summed E-state index contributed by atoms with van der Waals surface area (Å²) >= 11 is 1.25. The van der Waals surface area contributed by atoms with E-state index < -0.39 is 5.63 Å². The number of nitrogens with two attached hydrogens (primary N) is 1. The maximum atomic E-state index is 11.5. The van der Waals surface area contributed by atoms with Gasteiger partial charge in [-0.25, -0.2) is 4.79 Å². The third-order valence-electron chi connectivity index (χ3n) is 2.57. The van der Waals surface area contributed by atoms with E-state index in [1.54, 1.807) is 6.07 Å². The Hall–Kier alpha value is -2.21. The van der Waals surface area contributed by atoms with Gasteiger partial charge in [0.25, 0.3) is 0 Å². The van der Waals surface area contributed by atoms with Crippen LogP contribution < -0.4 is 11.4 Å². The molecule has 0 bridgehead atoms. The highest BCUT2D eigenvalue weighted by molar-refractivity contribution is 7.18. The molecule has 0 fully saturated rings. The summed E-state index contributed by atoms with van der Waals surface area (Å²) in [7, 11) is 0. The van der Waals surface area contributed by atoms with Crippen molar-refractivity contribution >= 4 is 27.4 Å². The zero-order valence-electron chi connectivity index (χ0n) is 9.51. The van der Waals surface area contributed by atoms with Gasteiger partial charge in [-0.2, -0.15) is 0 Å². The van der Waals surface area contributed by atoms with E-state index in [2.05, 4.69) is 10.2 Å². The fraction of sp³-hybridized carbons (Fsp3) is 0.0833. The molecule has 0 spiro atoms. The number of hydrogen-bond donors (Lipinski definition) is 1. The lowest BCUT2D eigenvalue weighted by Crippen LogP contribution is -1.98. The monoisotopic (exact) mass is 259 g/mol. The van der Waals surface area contributed by atoms with Crippen LogP contribution in [0.2, 0.25) is 0 Å². The van der Waals surface area contributed by atoms with Crippen molar-refractivity contribution in [3.63, 3.8) is 0 Å². The Balaban J connectivity index is 2.40. The van der Waals surface area contributed by atoms with Gasteiger partial charge in [-0.1, -0.05) is 23.0 Å². The van der Waals surface area contributed by atoms with Crippen molar-refractivity contribution < 1.29 is 4.42 Å². The summed E-state index contributed by atoms with van der Waals surface area (Å²) in [6.07, 6.45) is 0. The Labute approximate surface area is 106 Å². The summed E-state index contributed by atoms with van der Waals surface area (Å²) in [5.74, 6) is 0. The first-order chi connectivity index (χ1) is 8.63. The Morgan fingerprint density at radius 2 is 2.11 bits per heavy atom. The van der Waals surface area contributed by atoms with Gasteiger partial charge in [0.05, 0.1) is 0 Å². The predicted octanol–water partition coefficient (Wildman–Crippen LogP) is 2.20. The molecule has 90 valence electrons. The van der Waals surface area contributed by atoms with E-state index in [4.69, 9.17) is 10.2 Å². The molecule has 6 heteroatoms. The molecule has 0 atom stereocenters. The Morgan fingerprint density at radius 1 is 1.28 bits per heavy atom. The minimum atomic E-state index is -0.407. The van der Waals surface area contributed by atoms with Crippen LogP contribution in [-0.4, -0.2) is 10.2 Å². The average molecular weight is 259 g/mol. The number of aryl methyl sites for hydroxylation is 1. The molecule has 18 heavy (non-hydrogen) atoms. The van der Waals surface area contributed by atoms with Gasteiger partial charge in [0.1, 0.15) is 5.58 Å². The molecule has 3 rings (SSSR count). The van der Waals surface area contributed by atoms with E-state index in [1.165, 1.54) is 17.4 Å². The molecule has 5 nitrogen and oxygen atoms in total. The number of nitrogens with zero attached hydrogens (tertiary/aromatic N) is 2. The molecule has 1 aromatic carbocycles. The largest absolute Gasteiger partial charge is 0.423 e. The number of anilines is 1. The molecule has 0 aliphatic carbocycles. The zero-order chi connectivity index (χ0) is 12.7. The molecule has 0 amide bonds. The van der Waals surface area contributed by atoms with Gasteiger partial charge in [-0.15, -0.1) is 10.2 Å². The molecule has 3 aromatic rings. The van der Waals surface area contributed by atoms with Crippen LogP contribution in [0.5, 0.6) is 0 Å². The van der Waals surface area contributed by atoms with E-state index in [9.17, 15) is 4.79 Å². The second kappa shape index (κ2) is 3.92. The van der Waals surface area contributed by atoms with Crippen molar-refractivity contribution in [2.75, 3.05) is 5.73 Å². The number of fused-ring (bicyclic) bond motifs is 1. The third-order valence-corrected chi connectivity index (χ3v) is 3.35. The maximum Gasteiger partial charge on any atom is 0.336 e. The third kappa shape index (κ3) is 1.76. The predicted molar refractivity (Wildman–Crippen MR) is 70.5 cm³/mol. The van der Waals surface area contributed by atoms with Crippen molar-refractivity contribution in [1.82, 2.24) is 10.2 Å². The van der Waals surface area contributed by atoms with E-state index in [-0.39, 0.29) is 0 Å². The van der Waals surface area contributed by atoms with Crippen LogP contribution in [0.15, 0.2) is 33.5 Å². The highest BCUT2D eigenvalue weighted by atomic mass is 32.1. The summed E-state index contributed by atoms with van der Waals surface area (Å²) in [5.41, 5.74) is 7.49. The van der Waals surface area contributed by atoms with Crippen molar-refractivity contribution in [3.05, 3.63) is 40.2 Å². The van der Waals surface area contributed by atoms with Crippen LogP contribution in [0.1, 0.15) is 5.56 Å². The second-order valence-electron chi connectivity index (χ2n) is 3.92. The molecule has 2 aromatic heterocycles. The number of hydrogen-bond acceptors (Lipinski definition) is 6. The lowest BCUT2D eigenvalue weighted by molar-refractivity contribution is 0.561. The molecular weight excluding hydrogens is 250 g/mol. The Morgan fingerprint density at radius 3 is 2.83 bits per heavy atom. The zero-order valence-corrected chi connectivity index (χ0v) is 10.3. The molecule has 0 aliphatic rings. The first kappa shape index (κ1) is 10.9. The first-order valence-electron chi connectivity index (χ1n) is 5.27. The lowest BCUT2D eigenvalue weighted by atomic mass is 10.1. The SMILES string of the molecule is Cc1ccc2oc(=O)cc(-c3nnc(N)s3)c2c1. The van der Waals surface area contributed by atoms with Crippen LogP contribution in [0.25, 0.3) is 21.5 Å². The van der Waals surface area contributed by atoms with Crippen LogP contribution in [0, 0.1) is 6.92 Å². The van der Waals surface area contributed by atoms with Gasteiger partial charge in [-0.05, 0) is 19.1 Å². The summed E-state index contributed by atoms with van der Waals surface area (Å²) in [6.45, 7) is 1.97. The van der Waals surface area contributed by atoms with Crippen molar-refractivity contribution in [1.29, 1.82) is 0 Å². The quantitative estimate of drug-likeness (QED) is 0.677. The topological polar surface area (TPSA) is 82.0 Å². The molecule has 0 radical (unpaired) electrons. The molecule has 0 saturated carbocycles. The summed E-state index contributed by atoms with van der Waals surface area (Å²) in [4.78, 5) is 11.5.